The molecule has 0 aliphatic heterocycles. The largest absolute Gasteiger partial charge is 0.396 e. The van der Waals surface area contributed by atoms with Crippen LogP contribution in [-0.4, -0.2) is 26.4 Å². The summed E-state index contributed by atoms with van der Waals surface area (Å²) in [6.07, 6.45) is 6.30. The van der Waals surface area contributed by atoms with Gasteiger partial charge in [-0.15, -0.1) is 0 Å². The quantitative estimate of drug-likeness (QED) is 0.761. The molecule has 0 saturated carbocycles. The molecule has 1 N–H and O–H groups in total. The zero-order valence-corrected chi connectivity index (χ0v) is 11.0. The molecule has 0 bridgehead atoms. The van der Waals surface area contributed by atoms with Crippen molar-refractivity contribution in [1.82, 2.24) is 0 Å². The van der Waals surface area contributed by atoms with E-state index in [0.29, 0.717) is 4.90 Å². The van der Waals surface area contributed by atoms with Crippen molar-refractivity contribution in [3.8, 4) is 0 Å². The fourth-order valence-electron chi connectivity index (χ4n) is 1.70. The van der Waals surface area contributed by atoms with Crippen LogP contribution in [0.15, 0.2) is 29.2 Å². The van der Waals surface area contributed by atoms with E-state index in [0.717, 1.165) is 32.1 Å². The summed E-state index contributed by atoms with van der Waals surface area (Å²) in [4.78, 5) is 0.376. The zero-order chi connectivity index (χ0) is 12.7. The molecule has 0 unspecified atom stereocenters. The van der Waals surface area contributed by atoms with Crippen LogP contribution in [0.25, 0.3) is 0 Å². The highest BCUT2D eigenvalue weighted by Crippen LogP contribution is 2.13. The molecule has 0 spiro atoms. The third-order valence-electron chi connectivity index (χ3n) is 2.73. The molecule has 1 rings (SSSR count). The number of unbranched alkanes of at least 4 members (excludes halogenated alkanes) is 3. The van der Waals surface area contributed by atoms with Crippen LogP contribution in [0.3, 0.4) is 0 Å². The summed E-state index contributed by atoms with van der Waals surface area (Å²) in [5, 5.41) is 8.63. The van der Waals surface area contributed by atoms with E-state index in [1.165, 1.54) is 11.8 Å². The van der Waals surface area contributed by atoms with Gasteiger partial charge in [0.2, 0.25) is 0 Å². The van der Waals surface area contributed by atoms with Gasteiger partial charge in [0.25, 0.3) is 0 Å². The normalized spacial score (nSPS) is 11.6. The van der Waals surface area contributed by atoms with Gasteiger partial charge in [0.1, 0.15) is 0 Å². The minimum Gasteiger partial charge on any atom is -0.396 e. The molecule has 0 saturated heterocycles. The van der Waals surface area contributed by atoms with Gasteiger partial charge >= 0.3 is 0 Å². The van der Waals surface area contributed by atoms with Crippen LogP contribution in [0.5, 0.6) is 0 Å². The molecule has 0 aromatic heterocycles. The van der Waals surface area contributed by atoms with Crippen LogP contribution in [0.4, 0.5) is 0 Å². The van der Waals surface area contributed by atoms with Gasteiger partial charge in [0.05, 0.1) is 4.90 Å². The van der Waals surface area contributed by atoms with Crippen molar-refractivity contribution in [2.45, 2.75) is 37.0 Å². The summed E-state index contributed by atoms with van der Waals surface area (Å²) in [6.45, 7) is 0.267. The Kier molecular flexibility index (Phi) is 5.65. The Hall–Kier alpha value is -0.870. The predicted octanol–water partition coefficient (Wildman–Crippen LogP) is 2.19. The molecule has 1 aromatic carbocycles. The lowest BCUT2D eigenvalue weighted by Gasteiger charge is -2.03. The van der Waals surface area contributed by atoms with Crippen molar-refractivity contribution < 1.29 is 13.5 Å². The molecule has 4 heteroatoms. The van der Waals surface area contributed by atoms with Crippen LogP contribution in [0, 0.1) is 0 Å². The number of rotatable bonds is 7. The maximum absolute atomic E-state index is 11.3. The average molecular weight is 256 g/mol. The number of hydrogen-bond donors (Lipinski definition) is 1. The van der Waals surface area contributed by atoms with E-state index >= 15 is 0 Å². The smallest absolute Gasteiger partial charge is 0.175 e. The van der Waals surface area contributed by atoms with Gasteiger partial charge in [-0.25, -0.2) is 8.42 Å². The Balaban J connectivity index is 2.41. The Morgan fingerprint density at radius 1 is 1.00 bits per heavy atom. The van der Waals surface area contributed by atoms with Crippen LogP contribution in [0.2, 0.25) is 0 Å². The Labute approximate surface area is 103 Å². The highest BCUT2D eigenvalue weighted by atomic mass is 32.2. The first kappa shape index (κ1) is 14.2. The van der Waals surface area contributed by atoms with Gasteiger partial charge in [-0.2, -0.15) is 0 Å². The minimum absolute atomic E-state index is 0.267. The number of benzene rings is 1. The highest BCUT2D eigenvalue weighted by Gasteiger charge is 2.05. The maximum Gasteiger partial charge on any atom is 0.175 e. The molecule has 1 aromatic rings. The van der Waals surface area contributed by atoms with E-state index in [1.54, 1.807) is 12.1 Å². The van der Waals surface area contributed by atoms with E-state index in [4.69, 9.17) is 5.11 Å². The number of aryl methyl sites for hydroxylation is 1. The van der Waals surface area contributed by atoms with Crippen molar-refractivity contribution in [2.75, 3.05) is 12.9 Å². The van der Waals surface area contributed by atoms with Gasteiger partial charge in [0, 0.05) is 12.9 Å². The molecular formula is C13H20O3S. The van der Waals surface area contributed by atoms with Gasteiger partial charge in [-0.1, -0.05) is 25.0 Å². The lowest BCUT2D eigenvalue weighted by Crippen LogP contribution is -1.97. The summed E-state index contributed by atoms with van der Waals surface area (Å²) in [5.41, 5.74) is 1.17. The molecule has 96 valence electrons. The summed E-state index contributed by atoms with van der Waals surface area (Å²) in [6, 6.07) is 7.08. The number of aliphatic hydroxyl groups is 1. The molecule has 0 fully saturated rings. The van der Waals surface area contributed by atoms with E-state index in [1.807, 2.05) is 12.1 Å². The molecule has 0 radical (unpaired) electrons. The van der Waals surface area contributed by atoms with Crippen LogP contribution >= 0.6 is 0 Å². The predicted molar refractivity (Wildman–Crippen MR) is 68.8 cm³/mol. The fourth-order valence-corrected chi connectivity index (χ4v) is 2.33. The van der Waals surface area contributed by atoms with Crippen molar-refractivity contribution >= 4 is 9.84 Å². The van der Waals surface area contributed by atoms with E-state index in [9.17, 15) is 8.42 Å². The topological polar surface area (TPSA) is 54.4 Å². The Morgan fingerprint density at radius 3 is 2.12 bits per heavy atom. The first-order valence-corrected chi connectivity index (χ1v) is 7.83. The monoisotopic (exact) mass is 256 g/mol. The van der Waals surface area contributed by atoms with Gasteiger partial charge < -0.3 is 5.11 Å². The molecule has 0 atom stereocenters. The van der Waals surface area contributed by atoms with E-state index < -0.39 is 9.84 Å². The molecule has 0 heterocycles. The molecule has 0 aliphatic rings. The molecular weight excluding hydrogens is 236 g/mol. The lowest BCUT2D eigenvalue weighted by atomic mass is 10.1. The second-order valence-electron chi connectivity index (χ2n) is 4.30. The van der Waals surface area contributed by atoms with Crippen molar-refractivity contribution in [3.63, 3.8) is 0 Å². The highest BCUT2D eigenvalue weighted by molar-refractivity contribution is 7.90. The molecule has 0 amide bonds. The molecule has 17 heavy (non-hydrogen) atoms. The maximum atomic E-state index is 11.3. The minimum atomic E-state index is -3.08. The van der Waals surface area contributed by atoms with Crippen molar-refractivity contribution in [1.29, 1.82) is 0 Å². The van der Waals surface area contributed by atoms with E-state index in [2.05, 4.69) is 0 Å². The van der Waals surface area contributed by atoms with Crippen molar-refractivity contribution in [2.24, 2.45) is 0 Å². The van der Waals surface area contributed by atoms with Gasteiger partial charge in [0.15, 0.2) is 9.84 Å². The number of sulfone groups is 1. The second kappa shape index (κ2) is 6.77. The van der Waals surface area contributed by atoms with Crippen LogP contribution in [-0.2, 0) is 16.3 Å². The zero-order valence-electron chi connectivity index (χ0n) is 10.2. The third-order valence-corrected chi connectivity index (χ3v) is 3.85. The summed E-state index contributed by atoms with van der Waals surface area (Å²) in [7, 11) is -3.08. The van der Waals surface area contributed by atoms with Crippen molar-refractivity contribution in [3.05, 3.63) is 29.8 Å². The molecule has 0 aliphatic carbocycles. The third kappa shape index (κ3) is 5.33. The van der Waals surface area contributed by atoms with Crippen LogP contribution in [0.1, 0.15) is 31.2 Å². The summed E-state index contributed by atoms with van der Waals surface area (Å²) in [5.74, 6) is 0. The summed E-state index contributed by atoms with van der Waals surface area (Å²) < 4.78 is 22.5. The summed E-state index contributed by atoms with van der Waals surface area (Å²) >= 11 is 0. The lowest BCUT2D eigenvalue weighted by molar-refractivity contribution is 0.282. The average Bonchev–Trinajstić information content (AvgIpc) is 2.28. The Morgan fingerprint density at radius 2 is 1.59 bits per heavy atom. The van der Waals surface area contributed by atoms with Crippen LogP contribution < -0.4 is 0 Å². The fraction of sp³-hybridized carbons (Fsp3) is 0.538. The first-order valence-electron chi connectivity index (χ1n) is 5.94. The standard InChI is InChI=1S/C13H20O3S/c1-17(15,16)13-9-7-12(8-10-13)6-4-2-3-5-11-14/h7-10,14H,2-6,11H2,1H3. The second-order valence-corrected chi connectivity index (χ2v) is 6.32. The Bertz CT molecular complexity index is 420. The SMILES string of the molecule is CS(=O)(=O)c1ccc(CCCCCCO)cc1. The number of aliphatic hydroxyl groups excluding tert-OH is 1. The van der Waals surface area contributed by atoms with E-state index in [-0.39, 0.29) is 6.61 Å². The van der Waals surface area contributed by atoms with Gasteiger partial charge in [-0.05, 0) is 37.0 Å². The first-order chi connectivity index (χ1) is 8.04. The van der Waals surface area contributed by atoms with Gasteiger partial charge in [-0.3, -0.25) is 0 Å². The molecule has 3 nitrogen and oxygen atoms in total. The number of hydrogen-bond acceptors (Lipinski definition) is 3.